The summed E-state index contributed by atoms with van der Waals surface area (Å²) in [6.45, 7) is 7.01. The summed E-state index contributed by atoms with van der Waals surface area (Å²) in [5.74, 6) is 0.952. The topological polar surface area (TPSA) is 48.9 Å². The highest BCUT2D eigenvalue weighted by Gasteiger charge is 2.33. The van der Waals surface area contributed by atoms with Crippen molar-refractivity contribution in [1.29, 1.82) is 0 Å². The Morgan fingerprint density at radius 2 is 2.00 bits per heavy atom. The van der Waals surface area contributed by atoms with Gasteiger partial charge >= 0.3 is 0 Å². The van der Waals surface area contributed by atoms with Gasteiger partial charge in [-0.3, -0.25) is 4.99 Å². The predicted octanol–water partition coefficient (Wildman–Crippen LogP) is 2.85. The molecule has 0 aromatic carbocycles. The molecule has 1 aliphatic carbocycles. The quantitative estimate of drug-likeness (QED) is 0.258. The molecule has 1 aliphatic heterocycles. The zero-order valence-electron chi connectivity index (χ0n) is 15.8. The molecule has 0 spiro atoms. The number of likely N-dealkylation sites (N-methyl/N-ethyl adjacent to an activating group) is 1. The van der Waals surface area contributed by atoms with Gasteiger partial charge in [-0.2, -0.15) is 0 Å². The first kappa shape index (κ1) is 22.0. The molecule has 1 saturated carbocycles. The third-order valence-corrected chi connectivity index (χ3v) is 5.68. The molecule has 6 heteroatoms. The van der Waals surface area contributed by atoms with Gasteiger partial charge < -0.3 is 20.3 Å². The van der Waals surface area contributed by atoms with Crippen LogP contribution in [0.25, 0.3) is 0 Å². The van der Waals surface area contributed by atoms with Gasteiger partial charge in [0.2, 0.25) is 0 Å². The molecule has 1 unspecified atom stereocenters. The van der Waals surface area contributed by atoms with Crippen molar-refractivity contribution in [1.82, 2.24) is 15.5 Å². The molecule has 0 amide bonds. The van der Waals surface area contributed by atoms with Crippen molar-refractivity contribution in [3.63, 3.8) is 0 Å². The van der Waals surface area contributed by atoms with Gasteiger partial charge in [0.15, 0.2) is 5.96 Å². The number of hydrogen-bond donors (Lipinski definition) is 2. The van der Waals surface area contributed by atoms with Crippen molar-refractivity contribution in [2.24, 2.45) is 10.4 Å². The average molecular weight is 452 g/mol. The predicted molar refractivity (Wildman–Crippen MR) is 112 cm³/mol. The van der Waals surface area contributed by atoms with Crippen molar-refractivity contribution < 1.29 is 4.74 Å². The van der Waals surface area contributed by atoms with Crippen LogP contribution in [0.1, 0.15) is 51.9 Å². The van der Waals surface area contributed by atoms with Crippen LogP contribution in [0.4, 0.5) is 0 Å². The van der Waals surface area contributed by atoms with Crippen LogP contribution in [-0.2, 0) is 4.74 Å². The number of nitrogens with zero attached hydrogens (tertiary/aromatic N) is 2. The highest BCUT2D eigenvalue weighted by Crippen LogP contribution is 2.40. The molecule has 24 heavy (non-hydrogen) atoms. The smallest absolute Gasteiger partial charge is 0.191 e. The molecular weight excluding hydrogens is 415 g/mol. The van der Waals surface area contributed by atoms with E-state index in [0.29, 0.717) is 11.5 Å². The van der Waals surface area contributed by atoms with Gasteiger partial charge in [-0.25, -0.2) is 0 Å². The summed E-state index contributed by atoms with van der Waals surface area (Å²) in [7, 11) is 4.09. The van der Waals surface area contributed by atoms with Gasteiger partial charge in [0, 0.05) is 39.4 Å². The van der Waals surface area contributed by atoms with E-state index in [9.17, 15) is 0 Å². The molecule has 1 atom stereocenters. The van der Waals surface area contributed by atoms with E-state index in [1.165, 1.54) is 45.1 Å². The van der Waals surface area contributed by atoms with Crippen LogP contribution in [0.3, 0.4) is 0 Å². The van der Waals surface area contributed by atoms with Crippen LogP contribution in [-0.4, -0.2) is 63.8 Å². The number of rotatable bonds is 8. The number of halogens is 1. The molecule has 1 heterocycles. The Morgan fingerprint density at radius 1 is 1.25 bits per heavy atom. The normalized spacial score (nSPS) is 24.0. The fourth-order valence-electron chi connectivity index (χ4n) is 4.02. The minimum Gasteiger partial charge on any atom is -0.382 e. The first-order valence-electron chi connectivity index (χ1n) is 9.41. The standard InChI is InChI=1S/C18H36N4O.HI/c1-4-23-13-11-18(9-5-6-10-18)15-21-17(19-2)20-14-16-8-7-12-22(16)3;/h16H,4-15H2,1-3H3,(H2,19,20,21);1H. The molecular formula is C18H37IN4O. The number of nitrogens with one attached hydrogen (secondary N) is 2. The number of likely N-dealkylation sites (tertiary alicyclic amines) is 1. The van der Waals surface area contributed by atoms with E-state index in [2.05, 4.69) is 34.5 Å². The van der Waals surface area contributed by atoms with Crippen LogP contribution in [0.15, 0.2) is 4.99 Å². The lowest BCUT2D eigenvalue weighted by Crippen LogP contribution is -2.47. The van der Waals surface area contributed by atoms with Gasteiger partial charge in [-0.15, -0.1) is 24.0 Å². The van der Waals surface area contributed by atoms with Crippen molar-refractivity contribution in [3.8, 4) is 0 Å². The maximum atomic E-state index is 5.60. The highest BCUT2D eigenvalue weighted by atomic mass is 127. The van der Waals surface area contributed by atoms with Crippen LogP contribution in [0.2, 0.25) is 0 Å². The Labute approximate surface area is 165 Å². The third kappa shape index (κ3) is 6.67. The lowest BCUT2D eigenvalue weighted by atomic mass is 9.83. The minimum atomic E-state index is 0. The largest absolute Gasteiger partial charge is 0.382 e. The van der Waals surface area contributed by atoms with Gasteiger partial charge in [-0.1, -0.05) is 12.8 Å². The second-order valence-corrected chi connectivity index (χ2v) is 7.24. The Kier molecular flexibility index (Phi) is 10.5. The second-order valence-electron chi connectivity index (χ2n) is 7.24. The summed E-state index contributed by atoms with van der Waals surface area (Å²) >= 11 is 0. The van der Waals surface area contributed by atoms with Crippen LogP contribution in [0, 0.1) is 5.41 Å². The Balaban J connectivity index is 0.00000288. The molecule has 1 saturated heterocycles. The number of ether oxygens (including phenoxy) is 1. The zero-order valence-corrected chi connectivity index (χ0v) is 18.1. The molecule has 0 radical (unpaired) electrons. The van der Waals surface area contributed by atoms with Gasteiger partial charge in [-0.05, 0) is 58.0 Å². The molecule has 0 aromatic rings. The van der Waals surface area contributed by atoms with Crippen LogP contribution in [0.5, 0.6) is 0 Å². The summed E-state index contributed by atoms with van der Waals surface area (Å²) < 4.78 is 5.60. The van der Waals surface area contributed by atoms with E-state index < -0.39 is 0 Å². The lowest BCUT2D eigenvalue weighted by molar-refractivity contribution is 0.105. The Morgan fingerprint density at radius 3 is 2.58 bits per heavy atom. The van der Waals surface area contributed by atoms with Crippen molar-refractivity contribution in [2.75, 3.05) is 46.9 Å². The van der Waals surface area contributed by atoms with Gasteiger partial charge in [0.1, 0.15) is 0 Å². The zero-order chi connectivity index (χ0) is 16.5. The Hall–Kier alpha value is -0.0800. The summed E-state index contributed by atoms with van der Waals surface area (Å²) in [6.07, 6.45) is 9.11. The molecule has 2 N–H and O–H groups in total. The van der Waals surface area contributed by atoms with Gasteiger partial charge in [0.05, 0.1) is 0 Å². The molecule has 142 valence electrons. The molecule has 2 rings (SSSR count). The second kappa shape index (κ2) is 11.5. The van der Waals surface area contributed by atoms with Crippen LogP contribution >= 0.6 is 24.0 Å². The number of guanidine groups is 1. The van der Waals surface area contributed by atoms with E-state index in [0.717, 1.165) is 38.7 Å². The molecule has 0 bridgehead atoms. The number of aliphatic imine (C=N–C) groups is 1. The molecule has 5 nitrogen and oxygen atoms in total. The lowest BCUT2D eigenvalue weighted by Gasteiger charge is -2.30. The van der Waals surface area contributed by atoms with E-state index in [1.807, 2.05) is 7.05 Å². The van der Waals surface area contributed by atoms with Crippen molar-refractivity contribution in [2.45, 2.75) is 57.9 Å². The summed E-state index contributed by atoms with van der Waals surface area (Å²) in [4.78, 5) is 6.85. The highest BCUT2D eigenvalue weighted by molar-refractivity contribution is 14.0. The molecule has 0 aromatic heterocycles. The van der Waals surface area contributed by atoms with Crippen LogP contribution < -0.4 is 10.6 Å². The third-order valence-electron chi connectivity index (χ3n) is 5.68. The van der Waals surface area contributed by atoms with E-state index in [4.69, 9.17) is 4.74 Å². The van der Waals surface area contributed by atoms with E-state index >= 15 is 0 Å². The summed E-state index contributed by atoms with van der Waals surface area (Å²) in [6, 6.07) is 0.645. The monoisotopic (exact) mass is 452 g/mol. The van der Waals surface area contributed by atoms with E-state index in [-0.39, 0.29) is 24.0 Å². The fourth-order valence-corrected chi connectivity index (χ4v) is 4.02. The maximum Gasteiger partial charge on any atom is 0.191 e. The van der Waals surface area contributed by atoms with Crippen molar-refractivity contribution >= 4 is 29.9 Å². The fraction of sp³-hybridized carbons (Fsp3) is 0.944. The Bertz CT molecular complexity index is 372. The average Bonchev–Trinajstić information content (AvgIpc) is 3.18. The first-order valence-corrected chi connectivity index (χ1v) is 9.41. The molecule has 2 fully saturated rings. The number of hydrogen-bond acceptors (Lipinski definition) is 3. The SMILES string of the molecule is CCOCCC1(CNC(=NC)NCC2CCCN2C)CCCC1.I. The summed E-state index contributed by atoms with van der Waals surface area (Å²) in [5, 5.41) is 7.10. The molecule has 2 aliphatic rings. The minimum absolute atomic E-state index is 0. The van der Waals surface area contributed by atoms with Crippen molar-refractivity contribution in [3.05, 3.63) is 0 Å². The first-order chi connectivity index (χ1) is 11.2. The maximum absolute atomic E-state index is 5.60. The van der Waals surface area contributed by atoms with E-state index in [1.54, 1.807) is 0 Å². The summed E-state index contributed by atoms with van der Waals surface area (Å²) in [5.41, 5.74) is 0.400. The van der Waals surface area contributed by atoms with Gasteiger partial charge in [0.25, 0.3) is 0 Å².